The number of carbonyl (C=O) groups is 3. The maximum atomic E-state index is 12.0. The highest BCUT2D eigenvalue weighted by molar-refractivity contribution is 5.89. The smallest absolute Gasteiger partial charge is 0.329 e. The third-order valence-electron chi connectivity index (χ3n) is 3.40. The molecule has 0 aliphatic carbocycles. The Morgan fingerprint density at radius 1 is 1.19 bits per heavy atom. The summed E-state index contributed by atoms with van der Waals surface area (Å²) in [5.74, 6) is -1.29. The molecular formula is C14H27N3O4. The largest absolute Gasteiger partial charge is 0.480 e. The normalized spacial score (nSPS) is 14.7. The summed E-state index contributed by atoms with van der Waals surface area (Å²) < 4.78 is 0. The van der Waals surface area contributed by atoms with E-state index in [0.717, 1.165) is 0 Å². The van der Waals surface area contributed by atoms with E-state index in [-0.39, 0.29) is 5.91 Å². The Hall–Kier alpha value is -1.79. The molecule has 0 heterocycles. The maximum absolute atomic E-state index is 12.0. The molecule has 122 valence electrons. The van der Waals surface area contributed by atoms with Crippen LogP contribution in [0, 0.1) is 0 Å². The second-order valence-corrected chi connectivity index (χ2v) is 5.22. The molecule has 0 saturated carbocycles. The maximum Gasteiger partial charge on any atom is 0.329 e. The molecule has 0 aliphatic rings. The van der Waals surface area contributed by atoms with Crippen molar-refractivity contribution in [1.82, 2.24) is 15.5 Å². The number of amides is 3. The Morgan fingerprint density at radius 2 is 1.71 bits per heavy atom. The molecule has 0 bridgehead atoms. The number of likely N-dealkylation sites (N-methyl/N-ethyl adjacent to an activating group) is 1. The average Bonchev–Trinajstić information content (AvgIpc) is 2.39. The van der Waals surface area contributed by atoms with Gasteiger partial charge < -0.3 is 20.6 Å². The monoisotopic (exact) mass is 301 g/mol. The molecule has 0 aliphatic heterocycles. The highest BCUT2D eigenvalue weighted by atomic mass is 16.4. The lowest BCUT2D eigenvalue weighted by atomic mass is 9.96. The van der Waals surface area contributed by atoms with Crippen LogP contribution in [0.4, 0.5) is 4.79 Å². The molecule has 21 heavy (non-hydrogen) atoms. The molecule has 0 aromatic rings. The van der Waals surface area contributed by atoms with Gasteiger partial charge in [0.1, 0.15) is 11.6 Å². The van der Waals surface area contributed by atoms with Gasteiger partial charge in [0.2, 0.25) is 5.91 Å². The zero-order valence-corrected chi connectivity index (χ0v) is 13.5. The molecule has 0 spiro atoms. The van der Waals surface area contributed by atoms with E-state index in [4.69, 9.17) is 0 Å². The Balaban J connectivity index is 4.68. The van der Waals surface area contributed by atoms with Crippen LogP contribution in [0.15, 0.2) is 0 Å². The summed E-state index contributed by atoms with van der Waals surface area (Å²) in [6.45, 7) is 9.71. The first-order valence-corrected chi connectivity index (χ1v) is 7.32. The first kappa shape index (κ1) is 19.2. The van der Waals surface area contributed by atoms with E-state index >= 15 is 0 Å². The van der Waals surface area contributed by atoms with E-state index in [9.17, 15) is 19.5 Å². The fourth-order valence-electron chi connectivity index (χ4n) is 2.08. The quantitative estimate of drug-likeness (QED) is 0.627. The molecule has 0 aromatic heterocycles. The minimum atomic E-state index is -1.34. The number of hydrogen-bond donors (Lipinski definition) is 3. The average molecular weight is 301 g/mol. The summed E-state index contributed by atoms with van der Waals surface area (Å²) in [4.78, 5) is 36.8. The van der Waals surface area contributed by atoms with E-state index in [1.165, 1.54) is 6.92 Å². The molecule has 0 radical (unpaired) electrons. The lowest BCUT2D eigenvalue weighted by Crippen LogP contribution is -2.58. The van der Waals surface area contributed by atoms with Crippen LogP contribution in [0.25, 0.3) is 0 Å². The summed E-state index contributed by atoms with van der Waals surface area (Å²) in [5, 5.41) is 14.1. The first-order chi connectivity index (χ1) is 9.71. The highest BCUT2D eigenvalue weighted by Crippen LogP contribution is 2.12. The van der Waals surface area contributed by atoms with Crippen molar-refractivity contribution in [3.05, 3.63) is 0 Å². The zero-order valence-electron chi connectivity index (χ0n) is 13.5. The lowest BCUT2D eigenvalue weighted by Gasteiger charge is -2.28. The molecule has 0 aromatic carbocycles. The molecule has 0 rings (SSSR count). The molecule has 3 N–H and O–H groups in total. The minimum absolute atomic E-state index is 0.192. The highest BCUT2D eigenvalue weighted by Gasteiger charge is 2.34. The Kier molecular flexibility index (Phi) is 7.76. The van der Waals surface area contributed by atoms with Crippen LogP contribution < -0.4 is 10.6 Å². The number of urea groups is 1. The van der Waals surface area contributed by atoms with Gasteiger partial charge in [0.05, 0.1) is 0 Å². The van der Waals surface area contributed by atoms with Crippen LogP contribution >= 0.6 is 0 Å². The molecule has 7 nitrogen and oxygen atoms in total. The van der Waals surface area contributed by atoms with Crippen LogP contribution in [0.3, 0.4) is 0 Å². The molecule has 3 amide bonds. The van der Waals surface area contributed by atoms with Crippen LogP contribution in [0.1, 0.15) is 47.5 Å². The van der Waals surface area contributed by atoms with Crippen molar-refractivity contribution >= 4 is 17.9 Å². The second-order valence-electron chi connectivity index (χ2n) is 5.22. The number of hydrogen-bond acceptors (Lipinski definition) is 3. The second kappa shape index (κ2) is 8.49. The number of carboxylic acid groups (broad SMARTS) is 1. The SMILES string of the molecule is CCCC(C)(NC(=O)NC(C)C(=O)N(CC)CC)C(=O)O. The van der Waals surface area contributed by atoms with Crippen molar-refractivity contribution in [3.63, 3.8) is 0 Å². The van der Waals surface area contributed by atoms with E-state index in [1.54, 1.807) is 11.8 Å². The predicted molar refractivity (Wildman–Crippen MR) is 80.0 cm³/mol. The van der Waals surface area contributed by atoms with E-state index in [0.29, 0.717) is 25.9 Å². The summed E-state index contributed by atoms with van der Waals surface area (Å²) in [5.41, 5.74) is -1.34. The number of nitrogens with zero attached hydrogens (tertiary/aromatic N) is 1. The van der Waals surface area contributed by atoms with Crippen molar-refractivity contribution in [3.8, 4) is 0 Å². The van der Waals surface area contributed by atoms with E-state index < -0.39 is 23.6 Å². The summed E-state index contributed by atoms with van der Waals surface area (Å²) in [7, 11) is 0. The van der Waals surface area contributed by atoms with Gasteiger partial charge in [-0.05, 0) is 34.1 Å². The number of rotatable bonds is 8. The Morgan fingerprint density at radius 3 is 2.10 bits per heavy atom. The van der Waals surface area contributed by atoms with Gasteiger partial charge in [-0.2, -0.15) is 0 Å². The third-order valence-corrected chi connectivity index (χ3v) is 3.40. The minimum Gasteiger partial charge on any atom is -0.480 e. The summed E-state index contributed by atoms with van der Waals surface area (Å²) >= 11 is 0. The van der Waals surface area contributed by atoms with Gasteiger partial charge in [-0.3, -0.25) is 4.79 Å². The fourth-order valence-corrected chi connectivity index (χ4v) is 2.08. The topological polar surface area (TPSA) is 98.7 Å². The van der Waals surface area contributed by atoms with Crippen molar-refractivity contribution < 1.29 is 19.5 Å². The van der Waals surface area contributed by atoms with Gasteiger partial charge in [0.25, 0.3) is 0 Å². The number of aliphatic carboxylic acids is 1. The number of carboxylic acids is 1. The summed E-state index contributed by atoms with van der Waals surface area (Å²) in [6, 6.07) is -1.36. The Bertz CT molecular complexity index is 382. The van der Waals surface area contributed by atoms with Gasteiger partial charge in [0, 0.05) is 13.1 Å². The van der Waals surface area contributed by atoms with Crippen molar-refractivity contribution in [2.75, 3.05) is 13.1 Å². The van der Waals surface area contributed by atoms with Gasteiger partial charge in [-0.1, -0.05) is 13.3 Å². The standard InChI is InChI=1S/C14H27N3O4/c1-6-9-14(5,12(19)20)16-13(21)15-10(4)11(18)17(7-2)8-3/h10H,6-9H2,1-5H3,(H,19,20)(H2,15,16,21). The summed E-state index contributed by atoms with van der Waals surface area (Å²) in [6.07, 6.45) is 0.936. The molecule has 2 unspecified atom stereocenters. The fraction of sp³-hybridized carbons (Fsp3) is 0.786. The van der Waals surface area contributed by atoms with Crippen LogP contribution in [-0.2, 0) is 9.59 Å². The molecule has 0 fully saturated rings. The van der Waals surface area contributed by atoms with Gasteiger partial charge >= 0.3 is 12.0 Å². The predicted octanol–water partition coefficient (Wildman–Crippen LogP) is 1.19. The van der Waals surface area contributed by atoms with Crippen LogP contribution in [-0.4, -0.2) is 52.6 Å². The zero-order chi connectivity index (χ0) is 16.6. The number of nitrogens with one attached hydrogen (secondary N) is 2. The number of carbonyl (C=O) groups excluding carboxylic acids is 2. The van der Waals surface area contributed by atoms with Gasteiger partial charge in [-0.15, -0.1) is 0 Å². The van der Waals surface area contributed by atoms with Crippen LogP contribution in [0.2, 0.25) is 0 Å². The van der Waals surface area contributed by atoms with Crippen molar-refractivity contribution in [1.29, 1.82) is 0 Å². The molecule has 7 heteroatoms. The first-order valence-electron chi connectivity index (χ1n) is 7.32. The molecule has 0 saturated heterocycles. The lowest BCUT2D eigenvalue weighted by molar-refractivity contribution is -0.144. The third kappa shape index (κ3) is 5.61. The van der Waals surface area contributed by atoms with Gasteiger partial charge in [0.15, 0.2) is 0 Å². The molecular weight excluding hydrogens is 274 g/mol. The van der Waals surface area contributed by atoms with Crippen molar-refractivity contribution in [2.24, 2.45) is 0 Å². The van der Waals surface area contributed by atoms with Crippen molar-refractivity contribution in [2.45, 2.75) is 59.0 Å². The molecule has 2 atom stereocenters. The van der Waals surface area contributed by atoms with Gasteiger partial charge in [-0.25, -0.2) is 9.59 Å². The van der Waals surface area contributed by atoms with Crippen LogP contribution in [0.5, 0.6) is 0 Å². The van der Waals surface area contributed by atoms with E-state index in [1.807, 2.05) is 20.8 Å². The Labute approximate surface area is 126 Å². The van der Waals surface area contributed by atoms with E-state index in [2.05, 4.69) is 10.6 Å².